The number of rotatable bonds is 9. The van der Waals surface area contributed by atoms with Crippen LogP contribution in [0.1, 0.15) is 19.3 Å². The zero-order valence-corrected chi connectivity index (χ0v) is 11.7. The Balaban J connectivity index is 2.27. The van der Waals surface area contributed by atoms with Crippen molar-refractivity contribution >= 4 is 0 Å². The minimum absolute atomic E-state index is 0.380. The van der Waals surface area contributed by atoms with Crippen molar-refractivity contribution in [3.05, 3.63) is 0 Å². The Bertz CT molecular complexity index is 205. The first kappa shape index (κ1) is 15.9. The zero-order chi connectivity index (χ0) is 13.2. The highest BCUT2D eigenvalue weighted by molar-refractivity contribution is 4.80. The fraction of sp³-hybridized carbons (Fsp3) is 1.00. The fourth-order valence-corrected chi connectivity index (χ4v) is 2.49. The largest absolute Gasteiger partial charge is 0.389 e. The van der Waals surface area contributed by atoms with Gasteiger partial charge in [0.2, 0.25) is 0 Å². The number of methoxy groups -OCH3 is 2. The highest BCUT2D eigenvalue weighted by atomic mass is 16.5. The van der Waals surface area contributed by atoms with E-state index in [1.54, 1.807) is 14.2 Å². The van der Waals surface area contributed by atoms with Crippen molar-refractivity contribution in [2.24, 2.45) is 0 Å². The average Bonchev–Trinajstić information content (AvgIpc) is 2.37. The van der Waals surface area contributed by atoms with Gasteiger partial charge in [0, 0.05) is 39.9 Å². The number of hydrogen-bond acceptors (Lipinski definition) is 5. The van der Waals surface area contributed by atoms with Crippen LogP contribution in [-0.2, 0) is 9.47 Å². The molecule has 5 heteroatoms. The molecule has 0 aromatic rings. The lowest BCUT2D eigenvalue weighted by Gasteiger charge is -2.37. The first-order valence-electron chi connectivity index (χ1n) is 6.88. The lowest BCUT2D eigenvalue weighted by molar-refractivity contribution is 0.0179. The summed E-state index contributed by atoms with van der Waals surface area (Å²) in [6, 6.07) is 0.530. The van der Waals surface area contributed by atoms with Gasteiger partial charge < -0.3 is 19.9 Å². The molecule has 2 N–H and O–H groups in total. The molecule has 0 aliphatic carbocycles. The normalized spacial score (nSPS) is 23.2. The summed E-state index contributed by atoms with van der Waals surface area (Å²) < 4.78 is 10.0. The van der Waals surface area contributed by atoms with Gasteiger partial charge >= 0.3 is 0 Å². The summed E-state index contributed by atoms with van der Waals surface area (Å²) in [6.45, 7) is 4.83. The Hall–Kier alpha value is -0.200. The van der Waals surface area contributed by atoms with Crippen LogP contribution in [0.2, 0.25) is 0 Å². The third-order valence-electron chi connectivity index (χ3n) is 3.42. The van der Waals surface area contributed by atoms with Crippen molar-refractivity contribution in [2.75, 3.05) is 53.6 Å². The second kappa shape index (κ2) is 9.69. The van der Waals surface area contributed by atoms with Crippen LogP contribution in [0.25, 0.3) is 0 Å². The average molecular weight is 260 g/mol. The Labute approximate surface area is 110 Å². The predicted octanol–water partition coefficient (Wildman–Crippen LogP) is 0.0842. The third kappa shape index (κ3) is 6.11. The molecule has 0 saturated carbocycles. The number of piperidine rings is 1. The monoisotopic (exact) mass is 260 g/mol. The maximum Gasteiger partial charge on any atom is 0.0900 e. The summed E-state index contributed by atoms with van der Waals surface area (Å²) in [5, 5.41) is 13.2. The van der Waals surface area contributed by atoms with E-state index in [9.17, 15) is 5.11 Å². The van der Waals surface area contributed by atoms with Crippen LogP contribution in [0.15, 0.2) is 0 Å². The smallest absolute Gasteiger partial charge is 0.0900 e. The van der Waals surface area contributed by atoms with Crippen LogP contribution < -0.4 is 5.32 Å². The second-order valence-corrected chi connectivity index (χ2v) is 4.95. The highest BCUT2D eigenvalue weighted by Crippen LogP contribution is 2.16. The van der Waals surface area contributed by atoms with E-state index in [4.69, 9.17) is 9.47 Å². The van der Waals surface area contributed by atoms with Crippen molar-refractivity contribution in [1.29, 1.82) is 0 Å². The van der Waals surface area contributed by atoms with E-state index in [2.05, 4.69) is 10.2 Å². The van der Waals surface area contributed by atoms with Crippen LogP contribution in [0.5, 0.6) is 0 Å². The van der Waals surface area contributed by atoms with Crippen molar-refractivity contribution in [3.63, 3.8) is 0 Å². The molecular formula is C13H28N2O3. The Morgan fingerprint density at radius 1 is 1.33 bits per heavy atom. The van der Waals surface area contributed by atoms with Crippen molar-refractivity contribution in [2.45, 2.75) is 31.4 Å². The van der Waals surface area contributed by atoms with Crippen molar-refractivity contribution in [1.82, 2.24) is 10.2 Å². The fourth-order valence-electron chi connectivity index (χ4n) is 2.49. The summed E-state index contributed by atoms with van der Waals surface area (Å²) in [4.78, 5) is 2.38. The molecule has 0 radical (unpaired) electrons. The number of aliphatic hydroxyl groups excluding tert-OH is 1. The van der Waals surface area contributed by atoms with Gasteiger partial charge in [-0.3, -0.25) is 4.90 Å². The summed E-state index contributed by atoms with van der Waals surface area (Å²) in [6.07, 6.45) is 3.34. The van der Waals surface area contributed by atoms with Gasteiger partial charge in [-0.25, -0.2) is 0 Å². The first-order chi connectivity index (χ1) is 8.77. The van der Waals surface area contributed by atoms with Gasteiger partial charge in [0.25, 0.3) is 0 Å². The molecule has 1 aliphatic heterocycles. The van der Waals surface area contributed by atoms with Crippen molar-refractivity contribution < 1.29 is 14.6 Å². The quantitative estimate of drug-likeness (QED) is 0.575. The number of aliphatic hydroxyl groups is 1. The molecule has 0 aromatic heterocycles. The van der Waals surface area contributed by atoms with E-state index in [1.807, 2.05) is 0 Å². The molecule has 2 unspecified atom stereocenters. The van der Waals surface area contributed by atoms with Crippen molar-refractivity contribution in [3.8, 4) is 0 Å². The summed E-state index contributed by atoms with van der Waals surface area (Å²) in [7, 11) is 3.35. The van der Waals surface area contributed by atoms with Gasteiger partial charge in [-0.2, -0.15) is 0 Å². The van der Waals surface area contributed by atoms with E-state index < -0.39 is 0 Å². The number of β-amino-alcohol motifs (C(OH)–C–C–N with tert-alkyl or cyclic N) is 1. The first-order valence-corrected chi connectivity index (χ1v) is 6.88. The minimum atomic E-state index is -0.380. The minimum Gasteiger partial charge on any atom is -0.389 e. The number of nitrogens with one attached hydrogen (secondary N) is 1. The maximum absolute atomic E-state index is 9.82. The molecule has 0 bridgehead atoms. The van der Waals surface area contributed by atoms with Gasteiger partial charge in [-0.15, -0.1) is 0 Å². The Kier molecular flexibility index (Phi) is 8.54. The number of ether oxygens (including phenoxy) is 2. The Morgan fingerprint density at radius 2 is 2.17 bits per heavy atom. The number of likely N-dealkylation sites (tertiary alicyclic amines) is 1. The Morgan fingerprint density at radius 3 is 2.89 bits per heavy atom. The molecule has 2 atom stereocenters. The highest BCUT2D eigenvalue weighted by Gasteiger charge is 2.23. The molecule has 1 fully saturated rings. The van der Waals surface area contributed by atoms with Gasteiger partial charge in [0.15, 0.2) is 0 Å². The van der Waals surface area contributed by atoms with Crippen LogP contribution in [0.3, 0.4) is 0 Å². The molecule has 0 amide bonds. The third-order valence-corrected chi connectivity index (χ3v) is 3.42. The molecule has 0 spiro atoms. The SMILES string of the molecule is COCCNCC1CCCCN1CC(O)COC. The maximum atomic E-state index is 9.82. The van der Waals surface area contributed by atoms with Crippen LogP contribution in [-0.4, -0.2) is 75.8 Å². The van der Waals surface area contributed by atoms with Gasteiger partial charge in [-0.05, 0) is 19.4 Å². The molecule has 1 heterocycles. The lowest BCUT2D eigenvalue weighted by Crippen LogP contribution is -2.49. The van der Waals surface area contributed by atoms with Crippen LogP contribution in [0, 0.1) is 0 Å². The van der Waals surface area contributed by atoms with E-state index in [0.29, 0.717) is 19.2 Å². The van der Waals surface area contributed by atoms with Gasteiger partial charge in [-0.1, -0.05) is 6.42 Å². The van der Waals surface area contributed by atoms with E-state index in [0.717, 1.165) is 26.2 Å². The standard InChI is InChI=1S/C13H28N2O3/c1-17-8-6-14-9-12-5-3-4-7-15(12)10-13(16)11-18-2/h12-14,16H,3-11H2,1-2H3. The number of nitrogens with zero attached hydrogens (tertiary/aromatic N) is 1. The molecule has 0 aromatic carbocycles. The van der Waals surface area contributed by atoms with Crippen LogP contribution >= 0.6 is 0 Å². The summed E-state index contributed by atoms with van der Waals surface area (Å²) in [5.41, 5.74) is 0. The molecule has 5 nitrogen and oxygen atoms in total. The second-order valence-electron chi connectivity index (χ2n) is 4.95. The topological polar surface area (TPSA) is 54.0 Å². The zero-order valence-electron chi connectivity index (χ0n) is 11.7. The lowest BCUT2D eigenvalue weighted by atomic mass is 10.0. The summed E-state index contributed by atoms with van der Waals surface area (Å²) in [5.74, 6) is 0. The van der Waals surface area contributed by atoms with Crippen LogP contribution in [0.4, 0.5) is 0 Å². The van der Waals surface area contributed by atoms with E-state index in [-0.39, 0.29) is 6.10 Å². The van der Waals surface area contributed by atoms with E-state index in [1.165, 1.54) is 19.3 Å². The predicted molar refractivity (Wildman–Crippen MR) is 71.8 cm³/mol. The van der Waals surface area contributed by atoms with E-state index >= 15 is 0 Å². The molecule has 1 saturated heterocycles. The molecular weight excluding hydrogens is 232 g/mol. The molecule has 1 aliphatic rings. The summed E-state index contributed by atoms with van der Waals surface area (Å²) >= 11 is 0. The molecule has 108 valence electrons. The molecule has 1 rings (SSSR count). The van der Waals surface area contributed by atoms with Gasteiger partial charge in [0.05, 0.1) is 19.3 Å². The number of hydrogen-bond donors (Lipinski definition) is 2. The molecule has 18 heavy (non-hydrogen) atoms. The van der Waals surface area contributed by atoms with Gasteiger partial charge in [0.1, 0.15) is 0 Å².